The molecular weight excluding hydrogens is 418 g/mol. The number of hydrogen-bond donors (Lipinski definition) is 5. The van der Waals surface area contributed by atoms with Crippen LogP contribution in [0.1, 0.15) is 46.6 Å². The molecule has 0 radical (unpaired) electrons. The van der Waals surface area contributed by atoms with Gasteiger partial charge in [-0.2, -0.15) is 0 Å². The van der Waals surface area contributed by atoms with Crippen molar-refractivity contribution in [3.05, 3.63) is 29.8 Å². The van der Waals surface area contributed by atoms with Gasteiger partial charge in [0.25, 0.3) is 0 Å². The van der Waals surface area contributed by atoms with Crippen molar-refractivity contribution in [2.75, 3.05) is 6.54 Å². The summed E-state index contributed by atoms with van der Waals surface area (Å²) >= 11 is 0. The highest BCUT2D eigenvalue weighted by Crippen LogP contribution is 2.13. The van der Waals surface area contributed by atoms with Crippen molar-refractivity contribution in [2.24, 2.45) is 5.92 Å². The lowest BCUT2D eigenvalue weighted by Crippen LogP contribution is -2.55. The van der Waals surface area contributed by atoms with Crippen molar-refractivity contribution in [2.45, 2.75) is 65.1 Å². The molecule has 1 rings (SSSR count). The van der Waals surface area contributed by atoms with E-state index in [0.29, 0.717) is 5.56 Å². The molecule has 0 aliphatic carbocycles. The molecule has 10 nitrogen and oxygen atoms in total. The van der Waals surface area contributed by atoms with Crippen LogP contribution in [0.15, 0.2) is 24.3 Å². The van der Waals surface area contributed by atoms with E-state index in [2.05, 4.69) is 16.0 Å². The first-order valence-electron chi connectivity index (χ1n) is 10.3. The van der Waals surface area contributed by atoms with Crippen molar-refractivity contribution in [1.29, 1.82) is 0 Å². The molecule has 5 N–H and O–H groups in total. The maximum atomic E-state index is 13.0. The first-order valence-corrected chi connectivity index (χ1v) is 10.3. The first kappa shape index (κ1) is 26.7. The highest BCUT2D eigenvalue weighted by molar-refractivity contribution is 5.92. The molecule has 32 heavy (non-hydrogen) atoms. The van der Waals surface area contributed by atoms with Gasteiger partial charge in [0.1, 0.15) is 30.0 Å². The summed E-state index contributed by atoms with van der Waals surface area (Å²) in [6, 6.07) is 4.08. The summed E-state index contributed by atoms with van der Waals surface area (Å²) in [5.74, 6) is -2.37. The Balaban J connectivity index is 3.02. The van der Waals surface area contributed by atoms with Crippen molar-refractivity contribution in [3.8, 4) is 5.75 Å². The Morgan fingerprint density at radius 1 is 0.969 bits per heavy atom. The lowest BCUT2D eigenvalue weighted by molar-refractivity contribution is -0.138. The van der Waals surface area contributed by atoms with Gasteiger partial charge in [-0.25, -0.2) is 4.79 Å². The van der Waals surface area contributed by atoms with E-state index in [0.717, 1.165) is 0 Å². The number of aliphatic carboxylic acids is 1. The number of benzene rings is 1. The molecule has 0 fully saturated rings. The van der Waals surface area contributed by atoms with Gasteiger partial charge in [0.05, 0.1) is 0 Å². The van der Waals surface area contributed by atoms with Crippen LogP contribution in [0.5, 0.6) is 5.75 Å². The number of phenols is 1. The first-order chi connectivity index (χ1) is 14.8. The topological polar surface area (TPSA) is 154 Å². The Morgan fingerprint density at radius 3 is 2.06 bits per heavy atom. The maximum Gasteiger partial charge on any atom is 0.408 e. The van der Waals surface area contributed by atoms with Gasteiger partial charge in [0.15, 0.2) is 0 Å². The highest BCUT2D eigenvalue weighted by atomic mass is 16.6. The average Bonchev–Trinajstić information content (AvgIpc) is 2.64. The number of carbonyl (C=O) groups is 4. The summed E-state index contributed by atoms with van der Waals surface area (Å²) in [5.41, 5.74) is -0.115. The molecule has 1 aromatic carbocycles. The number of amides is 3. The molecule has 0 spiro atoms. The molecule has 3 amide bonds. The normalized spacial score (nSPS) is 13.1. The zero-order valence-electron chi connectivity index (χ0n) is 19.1. The molecule has 0 aliphatic heterocycles. The van der Waals surface area contributed by atoms with Gasteiger partial charge in [0.2, 0.25) is 11.8 Å². The van der Waals surface area contributed by atoms with Gasteiger partial charge in [0, 0.05) is 6.42 Å². The lowest BCUT2D eigenvalue weighted by Gasteiger charge is -2.26. The van der Waals surface area contributed by atoms with Crippen LogP contribution >= 0.6 is 0 Å². The Morgan fingerprint density at radius 2 is 1.56 bits per heavy atom. The smallest absolute Gasteiger partial charge is 0.408 e. The van der Waals surface area contributed by atoms with Crippen LogP contribution in [0.2, 0.25) is 0 Å². The summed E-state index contributed by atoms with van der Waals surface area (Å²) in [6.45, 7) is 8.21. The fourth-order valence-electron chi connectivity index (χ4n) is 2.79. The second-order valence-corrected chi connectivity index (χ2v) is 8.87. The minimum absolute atomic E-state index is 0.0326. The van der Waals surface area contributed by atoms with Crippen LogP contribution in [0.3, 0.4) is 0 Å². The largest absolute Gasteiger partial charge is 0.508 e. The van der Waals surface area contributed by atoms with Gasteiger partial charge >= 0.3 is 12.1 Å². The zero-order valence-corrected chi connectivity index (χ0v) is 19.1. The fourth-order valence-corrected chi connectivity index (χ4v) is 2.79. The van der Waals surface area contributed by atoms with E-state index in [9.17, 15) is 24.3 Å². The second kappa shape index (κ2) is 11.9. The van der Waals surface area contributed by atoms with Crippen molar-refractivity contribution >= 4 is 23.9 Å². The Labute approximate surface area is 187 Å². The summed E-state index contributed by atoms with van der Waals surface area (Å²) in [6.07, 6.45) is -0.446. The molecular formula is C22H33N3O7. The molecule has 0 saturated carbocycles. The monoisotopic (exact) mass is 451 g/mol. The number of ether oxygens (including phenoxy) is 1. The maximum absolute atomic E-state index is 13.0. The van der Waals surface area contributed by atoms with Crippen molar-refractivity contribution in [3.63, 3.8) is 0 Å². The predicted molar refractivity (Wildman–Crippen MR) is 117 cm³/mol. The Hall–Kier alpha value is -3.30. The number of carboxylic acids is 1. The van der Waals surface area contributed by atoms with Crippen LogP contribution < -0.4 is 16.0 Å². The molecule has 0 saturated heterocycles. The van der Waals surface area contributed by atoms with Crippen molar-refractivity contribution in [1.82, 2.24) is 16.0 Å². The fraction of sp³-hybridized carbons (Fsp3) is 0.545. The number of carboxylic acid groups (broad SMARTS) is 1. The number of carbonyl (C=O) groups excluding carboxylic acids is 3. The molecule has 0 bridgehead atoms. The van der Waals surface area contributed by atoms with Crippen molar-refractivity contribution < 1.29 is 34.1 Å². The van der Waals surface area contributed by atoms with E-state index in [1.165, 1.54) is 12.1 Å². The summed E-state index contributed by atoms with van der Waals surface area (Å²) < 4.78 is 5.24. The minimum atomic E-state index is -1.20. The molecule has 0 unspecified atom stereocenters. The van der Waals surface area contributed by atoms with E-state index in [4.69, 9.17) is 9.84 Å². The minimum Gasteiger partial charge on any atom is -0.508 e. The van der Waals surface area contributed by atoms with E-state index in [1.54, 1.807) is 32.9 Å². The second-order valence-electron chi connectivity index (χ2n) is 8.87. The Kier molecular flexibility index (Phi) is 9.96. The quantitative estimate of drug-likeness (QED) is 0.362. The lowest BCUT2D eigenvalue weighted by atomic mass is 10.0. The van der Waals surface area contributed by atoms with Gasteiger partial charge in [-0.3, -0.25) is 14.4 Å². The van der Waals surface area contributed by atoms with Gasteiger partial charge in [-0.15, -0.1) is 0 Å². The number of aromatic hydroxyl groups is 1. The molecule has 0 aliphatic rings. The number of hydrogen-bond acceptors (Lipinski definition) is 6. The van der Waals surface area contributed by atoms with Crippen LogP contribution in [0, 0.1) is 5.92 Å². The van der Waals surface area contributed by atoms with Gasteiger partial charge in [-0.05, 0) is 50.8 Å². The molecule has 10 heteroatoms. The third-order valence-corrected chi connectivity index (χ3v) is 4.14. The summed E-state index contributed by atoms with van der Waals surface area (Å²) in [4.78, 5) is 48.5. The molecule has 178 valence electrons. The number of nitrogens with one attached hydrogen (secondary N) is 3. The van der Waals surface area contributed by atoms with E-state index >= 15 is 0 Å². The van der Waals surface area contributed by atoms with E-state index in [1.807, 2.05) is 13.8 Å². The van der Waals surface area contributed by atoms with Gasteiger partial charge in [-0.1, -0.05) is 26.0 Å². The highest BCUT2D eigenvalue weighted by Gasteiger charge is 2.29. The van der Waals surface area contributed by atoms with Gasteiger partial charge < -0.3 is 30.9 Å². The predicted octanol–water partition coefficient (Wildman–Crippen LogP) is 1.56. The van der Waals surface area contributed by atoms with Crippen LogP contribution in [0.4, 0.5) is 4.79 Å². The molecule has 0 aromatic heterocycles. The van der Waals surface area contributed by atoms with Crippen LogP contribution in [-0.4, -0.2) is 58.3 Å². The summed E-state index contributed by atoms with van der Waals surface area (Å²) in [5, 5.41) is 25.7. The number of phenolic OH excluding ortho intramolecular Hbond substituents is 1. The molecule has 0 heterocycles. The average molecular weight is 452 g/mol. The Bertz CT molecular complexity index is 801. The third-order valence-electron chi connectivity index (χ3n) is 4.14. The van der Waals surface area contributed by atoms with E-state index in [-0.39, 0.29) is 24.5 Å². The van der Waals surface area contributed by atoms with Crippen LogP contribution in [0.25, 0.3) is 0 Å². The molecule has 2 atom stereocenters. The van der Waals surface area contributed by atoms with E-state index < -0.39 is 48.1 Å². The summed E-state index contributed by atoms with van der Waals surface area (Å²) in [7, 11) is 0. The number of alkyl carbamates (subject to hydrolysis) is 1. The molecule has 1 aromatic rings. The zero-order chi connectivity index (χ0) is 24.5. The van der Waals surface area contributed by atoms with Crippen LogP contribution in [-0.2, 0) is 25.5 Å². The number of rotatable bonds is 10. The third kappa shape index (κ3) is 10.6. The SMILES string of the molecule is CC(C)C[C@@H](NC(=O)[C@H](Cc1ccc(O)cc1)NC(=O)OC(C)(C)C)C(=O)NCC(=O)O. The standard InChI is InChI=1S/C22H33N3O7/c1-13(2)10-16(19(29)23-12-18(27)28)24-20(30)17(25-21(31)32-22(3,4)5)11-14-6-8-15(26)9-7-14/h6-9,13,16-17,26H,10-12H2,1-5H3,(H,23,29)(H,24,30)(H,25,31)(H,27,28)/t16-,17+/m1/s1.